The zero-order valence-corrected chi connectivity index (χ0v) is 17.3. The van der Waals surface area contributed by atoms with Gasteiger partial charge in [-0.25, -0.2) is 0 Å². The van der Waals surface area contributed by atoms with E-state index in [0.717, 1.165) is 26.1 Å². The molecule has 0 aliphatic carbocycles. The van der Waals surface area contributed by atoms with E-state index in [4.69, 9.17) is 9.47 Å². The van der Waals surface area contributed by atoms with Crippen molar-refractivity contribution in [1.29, 1.82) is 0 Å². The minimum absolute atomic E-state index is 0.0523. The second kappa shape index (κ2) is 9.72. The number of hydrogen-bond acceptors (Lipinski definition) is 5. The Labute approximate surface area is 180 Å². The monoisotopic (exact) mass is 432 g/mol. The Morgan fingerprint density at radius 1 is 1.19 bits per heavy atom. The molecule has 9 heteroatoms. The van der Waals surface area contributed by atoms with Gasteiger partial charge in [0.2, 0.25) is 6.79 Å². The Morgan fingerprint density at radius 3 is 2.71 bits per heavy atom. The SMILES string of the molecule is CN=C(NCc1cc2c(cc1OC(F)F)OCO2)NCC1CCN(c2ccccc2)C1. The first kappa shape index (κ1) is 21.0. The number of rotatable bonds is 7. The number of para-hydroxylation sites is 1. The standard InChI is InChI=1S/C22H26F2N4O3/c1-25-22(26-11-15-7-8-28(13-15)17-5-3-2-4-6-17)27-12-16-9-19-20(30-14-29-19)10-18(16)31-21(23)24/h2-6,9-10,15,21H,7-8,11-14H2,1H3,(H2,25,26,27). The molecule has 1 atom stereocenters. The van der Waals surface area contributed by atoms with Crippen LogP contribution in [0.3, 0.4) is 0 Å². The number of nitrogens with one attached hydrogen (secondary N) is 2. The molecule has 1 unspecified atom stereocenters. The molecule has 2 N–H and O–H groups in total. The second-order valence-electron chi connectivity index (χ2n) is 7.43. The van der Waals surface area contributed by atoms with Crippen LogP contribution >= 0.6 is 0 Å². The molecule has 2 aromatic carbocycles. The van der Waals surface area contributed by atoms with Gasteiger partial charge in [0.25, 0.3) is 0 Å². The maximum atomic E-state index is 12.8. The van der Waals surface area contributed by atoms with Crippen molar-refractivity contribution in [3.05, 3.63) is 48.0 Å². The van der Waals surface area contributed by atoms with E-state index >= 15 is 0 Å². The van der Waals surface area contributed by atoms with Crippen LogP contribution < -0.4 is 29.7 Å². The molecule has 0 aromatic heterocycles. The molecule has 0 amide bonds. The average Bonchev–Trinajstić information content (AvgIpc) is 3.43. The second-order valence-corrected chi connectivity index (χ2v) is 7.43. The van der Waals surface area contributed by atoms with Crippen molar-refractivity contribution in [1.82, 2.24) is 10.6 Å². The summed E-state index contributed by atoms with van der Waals surface area (Å²) in [5, 5.41) is 6.49. The van der Waals surface area contributed by atoms with Crippen LogP contribution in [0, 0.1) is 5.92 Å². The highest BCUT2D eigenvalue weighted by Crippen LogP contribution is 2.38. The predicted octanol–water partition coefficient (Wildman–Crippen LogP) is 3.21. The summed E-state index contributed by atoms with van der Waals surface area (Å²) < 4.78 is 40.9. The normalized spacial score (nSPS) is 17.9. The summed E-state index contributed by atoms with van der Waals surface area (Å²) in [6.45, 7) is 0.150. The van der Waals surface area contributed by atoms with Crippen LogP contribution in [0.2, 0.25) is 0 Å². The van der Waals surface area contributed by atoms with Crippen molar-refractivity contribution in [3.8, 4) is 17.2 Å². The van der Waals surface area contributed by atoms with Crippen LogP contribution in [0.15, 0.2) is 47.5 Å². The summed E-state index contributed by atoms with van der Waals surface area (Å²) in [5.74, 6) is 2.04. The van der Waals surface area contributed by atoms with E-state index in [2.05, 4.69) is 49.5 Å². The van der Waals surface area contributed by atoms with Gasteiger partial charge >= 0.3 is 6.61 Å². The number of aliphatic imine (C=N–C) groups is 1. The van der Waals surface area contributed by atoms with Crippen molar-refractivity contribution < 1.29 is 23.0 Å². The topological polar surface area (TPSA) is 67.4 Å². The lowest BCUT2D eigenvalue weighted by molar-refractivity contribution is -0.0505. The third-order valence-corrected chi connectivity index (χ3v) is 5.41. The minimum Gasteiger partial charge on any atom is -0.454 e. The highest BCUT2D eigenvalue weighted by atomic mass is 19.3. The van der Waals surface area contributed by atoms with E-state index in [0.29, 0.717) is 28.9 Å². The lowest BCUT2D eigenvalue weighted by Gasteiger charge is -2.19. The first-order chi connectivity index (χ1) is 15.1. The molecule has 0 saturated carbocycles. The van der Waals surface area contributed by atoms with E-state index < -0.39 is 6.61 Å². The first-order valence-corrected chi connectivity index (χ1v) is 10.2. The fourth-order valence-electron chi connectivity index (χ4n) is 3.82. The molecule has 31 heavy (non-hydrogen) atoms. The number of alkyl halides is 2. The summed E-state index contributed by atoms with van der Waals surface area (Å²) in [6.07, 6.45) is 1.09. The first-order valence-electron chi connectivity index (χ1n) is 10.2. The quantitative estimate of drug-likeness (QED) is 0.517. The summed E-state index contributed by atoms with van der Waals surface area (Å²) in [4.78, 5) is 6.62. The molecule has 1 fully saturated rings. The van der Waals surface area contributed by atoms with Crippen LogP contribution in [0.1, 0.15) is 12.0 Å². The molecule has 2 heterocycles. The van der Waals surface area contributed by atoms with Gasteiger partial charge in [-0.1, -0.05) is 18.2 Å². The number of fused-ring (bicyclic) bond motifs is 1. The number of nitrogens with zero attached hydrogens (tertiary/aromatic N) is 2. The molecule has 2 aromatic rings. The van der Waals surface area contributed by atoms with Crippen LogP contribution in [0.5, 0.6) is 17.2 Å². The Bertz CT molecular complexity index is 911. The van der Waals surface area contributed by atoms with Crippen molar-refractivity contribution in [3.63, 3.8) is 0 Å². The predicted molar refractivity (Wildman–Crippen MR) is 114 cm³/mol. The largest absolute Gasteiger partial charge is 0.454 e. The van der Waals surface area contributed by atoms with Gasteiger partial charge in [0.05, 0.1) is 0 Å². The van der Waals surface area contributed by atoms with Gasteiger partial charge in [-0.05, 0) is 30.5 Å². The molecule has 7 nitrogen and oxygen atoms in total. The van der Waals surface area contributed by atoms with E-state index in [9.17, 15) is 8.78 Å². The van der Waals surface area contributed by atoms with Crippen LogP contribution in [0.25, 0.3) is 0 Å². The zero-order valence-electron chi connectivity index (χ0n) is 17.3. The third kappa shape index (κ3) is 5.28. The summed E-state index contributed by atoms with van der Waals surface area (Å²) >= 11 is 0. The van der Waals surface area contributed by atoms with E-state index in [1.807, 2.05) is 6.07 Å². The van der Waals surface area contributed by atoms with E-state index in [1.165, 1.54) is 11.8 Å². The van der Waals surface area contributed by atoms with Gasteiger partial charge in [-0.2, -0.15) is 8.78 Å². The number of hydrogen-bond donors (Lipinski definition) is 2. The Balaban J connectivity index is 1.31. The highest BCUT2D eigenvalue weighted by Gasteiger charge is 2.23. The zero-order chi connectivity index (χ0) is 21.6. The Morgan fingerprint density at radius 2 is 1.97 bits per heavy atom. The summed E-state index contributed by atoms with van der Waals surface area (Å²) in [6, 6.07) is 13.4. The smallest absolute Gasteiger partial charge is 0.387 e. The molecule has 0 bridgehead atoms. The van der Waals surface area contributed by atoms with Crippen LogP contribution in [-0.4, -0.2) is 46.0 Å². The van der Waals surface area contributed by atoms with Crippen molar-refractivity contribution in [2.45, 2.75) is 19.6 Å². The van der Waals surface area contributed by atoms with Crippen molar-refractivity contribution >= 4 is 11.6 Å². The lowest BCUT2D eigenvalue weighted by atomic mass is 10.1. The number of benzene rings is 2. The third-order valence-electron chi connectivity index (χ3n) is 5.41. The van der Waals surface area contributed by atoms with E-state index in [-0.39, 0.29) is 19.1 Å². The Kier molecular flexibility index (Phi) is 6.59. The van der Waals surface area contributed by atoms with Gasteiger partial charge in [-0.3, -0.25) is 4.99 Å². The summed E-state index contributed by atoms with van der Waals surface area (Å²) in [7, 11) is 1.68. The molecule has 2 aliphatic rings. The molecule has 4 rings (SSSR count). The molecular weight excluding hydrogens is 406 g/mol. The number of guanidine groups is 1. The molecule has 0 spiro atoms. The minimum atomic E-state index is -2.92. The number of anilines is 1. The lowest BCUT2D eigenvalue weighted by Crippen LogP contribution is -2.40. The van der Waals surface area contributed by atoms with Gasteiger partial charge in [0.15, 0.2) is 17.5 Å². The highest BCUT2D eigenvalue weighted by molar-refractivity contribution is 5.79. The van der Waals surface area contributed by atoms with E-state index in [1.54, 1.807) is 13.1 Å². The fourth-order valence-corrected chi connectivity index (χ4v) is 3.82. The fraction of sp³-hybridized carbons (Fsp3) is 0.409. The van der Waals surface area contributed by atoms with Crippen LogP contribution in [0.4, 0.5) is 14.5 Å². The van der Waals surface area contributed by atoms with Gasteiger partial charge in [-0.15, -0.1) is 0 Å². The number of ether oxygens (including phenoxy) is 3. The Hall–Kier alpha value is -3.23. The van der Waals surface area contributed by atoms with Crippen molar-refractivity contribution in [2.75, 3.05) is 38.4 Å². The van der Waals surface area contributed by atoms with Gasteiger partial charge in [0.1, 0.15) is 5.75 Å². The van der Waals surface area contributed by atoms with Crippen molar-refractivity contribution in [2.24, 2.45) is 10.9 Å². The molecule has 2 aliphatic heterocycles. The molecule has 0 radical (unpaired) electrons. The van der Waals surface area contributed by atoms with Crippen LogP contribution in [-0.2, 0) is 6.54 Å². The molecule has 1 saturated heterocycles. The van der Waals surface area contributed by atoms with Gasteiger partial charge < -0.3 is 29.7 Å². The number of halogens is 2. The summed E-state index contributed by atoms with van der Waals surface area (Å²) in [5.41, 5.74) is 1.77. The van der Waals surface area contributed by atoms with Gasteiger partial charge in [0, 0.05) is 50.5 Å². The molecule has 166 valence electrons. The molecular formula is C22H26F2N4O3. The maximum Gasteiger partial charge on any atom is 0.387 e. The average molecular weight is 432 g/mol. The maximum absolute atomic E-state index is 12.8.